The Morgan fingerprint density at radius 2 is 1.77 bits per heavy atom. The van der Waals surface area contributed by atoms with E-state index in [9.17, 15) is 9.59 Å². The van der Waals surface area contributed by atoms with Crippen LogP contribution >= 0.6 is 0 Å². The number of rotatable bonds is 9. The smallest absolute Gasteiger partial charge is 0.344 e. The highest BCUT2D eigenvalue weighted by Gasteiger charge is 2.28. The number of carbonyl (C=O) groups is 1. The molecule has 39 heavy (non-hydrogen) atoms. The second-order valence-electron chi connectivity index (χ2n) is 8.79. The minimum Gasteiger partial charge on any atom is -0.497 e. The van der Waals surface area contributed by atoms with E-state index in [2.05, 4.69) is 4.74 Å². The standard InChI is InChI=1S/C26H26O9.C3H4O/c1-5-30-24(28)15-31-18-10-22(32-13-19-14-33-26(2,3)35-19)25-20(27)12-21(34-23(25)11-18)16-6-8-17(29-4)9-7-16;1-2-4-3-1/h6-12,14H,5,13,15H2,1-4H3;1-2H,3H2. The number of esters is 1. The van der Waals surface area contributed by atoms with Crippen LogP contribution in [0.25, 0.3) is 22.3 Å². The number of benzene rings is 2. The Balaban J connectivity index is 0.000000808. The normalized spacial score (nSPS) is 14.4. The Morgan fingerprint density at radius 1 is 1.05 bits per heavy atom. The van der Waals surface area contributed by atoms with Gasteiger partial charge in [-0.1, -0.05) is 0 Å². The molecule has 0 fully saturated rings. The molecule has 0 aliphatic carbocycles. The van der Waals surface area contributed by atoms with Crippen molar-refractivity contribution >= 4 is 16.9 Å². The zero-order valence-corrected chi connectivity index (χ0v) is 22.2. The Morgan fingerprint density at radius 3 is 2.36 bits per heavy atom. The van der Waals surface area contributed by atoms with Gasteiger partial charge in [0.15, 0.2) is 17.8 Å². The molecule has 3 aromatic rings. The van der Waals surface area contributed by atoms with Gasteiger partial charge in [-0.15, -0.1) is 0 Å². The Hall–Kier alpha value is -4.60. The van der Waals surface area contributed by atoms with Gasteiger partial charge in [-0.05, 0) is 37.3 Å². The zero-order valence-electron chi connectivity index (χ0n) is 22.2. The summed E-state index contributed by atoms with van der Waals surface area (Å²) in [5, 5.41) is 0.226. The molecule has 0 atom stereocenters. The van der Waals surface area contributed by atoms with Gasteiger partial charge in [0.05, 0.1) is 20.0 Å². The summed E-state index contributed by atoms with van der Waals surface area (Å²) >= 11 is 0. The lowest BCUT2D eigenvalue weighted by Gasteiger charge is -2.18. The summed E-state index contributed by atoms with van der Waals surface area (Å²) in [4.78, 5) is 24.9. The fraction of sp³-hybridized carbons (Fsp3) is 0.310. The lowest BCUT2D eigenvalue weighted by molar-refractivity contribution is -0.145. The topological polar surface area (TPSA) is 112 Å². The maximum atomic E-state index is 13.1. The molecule has 2 aliphatic rings. The largest absolute Gasteiger partial charge is 0.497 e. The summed E-state index contributed by atoms with van der Waals surface area (Å²) < 4.78 is 43.3. The van der Waals surface area contributed by atoms with Crippen LogP contribution in [0.1, 0.15) is 20.8 Å². The van der Waals surface area contributed by atoms with E-state index in [4.69, 9.17) is 32.8 Å². The molecule has 0 saturated heterocycles. The average Bonchev–Trinajstić information content (AvgIpc) is 3.23. The van der Waals surface area contributed by atoms with Gasteiger partial charge in [0.2, 0.25) is 5.79 Å². The van der Waals surface area contributed by atoms with Crippen molar-refractivity contribution in [3.8, 4) is 28.6 Å². The summed E-state index contributed by atoms with van der Waals surface area (Å²) in [5.74, 6) is 0.664. The summed E-state index contributed by atoms with van der Waals surface area (Å²) in [5.41, 5.74) is 0.619. The van der Waals surface area contributed by atoms with Gasteiger partial charge in [0.25, 0.3) is 0 Å². The molecule has 3 heterocycles. The van der Waals surface area contributed by atoms with Gasteiger partial charge in [-0.3, -0.25) is 4.79 Å². The first-order valence-electron chi connectivity index (χ1n) is 12.3. The second-order valence-corrected chi connectivity index (χ2v) is 8.79. The monoisotopic (exact) mass is 538 g/mol. The molecule has 1 aromatic heterocycles. The van der Waals surface area contributed by atoms with E-state index in [0.717, 1.165) is 6.61 Å². The number of ether oxygens (including phenoxy) is 7. The molecule has 2 aromatic carbocycles. The molecule has 206 valence electrons. The molecule has 0 N–H and O–H groups in total. The van der Waals surface area contributed by atoms with Crippen molar-refractivity contribution in [2.45, 2.75) is 26.6 Å². The minimum absolute atomic E-state index is 0.0134. The Kier molecular flexibility index (Phi) is 8.65. The van der Waals surface area contributed by atoms with Gasteiger partial charge >= 0.3 is 5.97 Å². The zero-order chi connectivity index (χ0) is 27.8. The molecule has 2 aliphatic heterocycles. The van der Waals surface area contributed by atoms with Crippen LogP contribution in [0.5, 0.6) is 17.2 Å². The van der Waals surface area contributed by atoms with Crippen molar-refractivity contribution in [3.05, 3.63) is 77.0 Å². The van der Waals surface area contributed by atoms with Gasteiger partial charge in [-0.2, -0.15) is 0 Å². The van der Waals surface area contributed by atoms with Gasteiger partial charge < -0.3 is 37.6 Å². The fourth-order valence-electron chi connectivity index (χ4n) is 3.55. The van der Waals surface area contributed by atoms with Gasteiger partial charge in [-0.25, -0.2) is 4.79 Å². The highest BCUT2D eigenvalue weighted by atomic mass is 16.7. The molecular weight excluding hydrogens is 508 g/mol. The molecule has 5 rings (SSSR count). The minimum atomic E-state index is -0.794. The predicted molar refractivity (Wildman–Crippen MR) is 142 cm³/mol. The van der Waals surface area contributed by atoms with Crippen molar-refractivity contribution in [2.24, 2.45) is 0 Å². The summed E-state index contributed by atoms with van der Waals surface area (Å²) in [6.45, 7) is 6.01. The maximum Gasteiger partial charge on any atom is 0.344 e. The summed E-state index contributed by atoms with van der Waals surface area (Å²) in [6.07, 6.45) is 5.10. The van der Waals surface area contributed by atoms with E-state index >= 15 is 0 Å². The van der Waals surface area contributed by atoms with Crippen LogP contribution in [-0.2, 0) is 23.7 Å². The van der Waals surface area contributed by atoms with E-state index in [1.165, 1.54) is 24.5 Å². The number of fused-ring (bicyclic) bond motifs is 1. The number of carbonyl (C=O) groups excluding carboxylic acids is 1. The van der Waals surface area contributed by atoms with Crippen molar-refractivity contribution in [1.82, 2.24) is 0 Å². The van der Waals surface area contributed by atoms with Crippen LogP contribution in [-0.4, -0.2) is 45.3 Å². The second kappa shape index (κ2) is 12.3. The first-order chi connectivity index (χ1) is 18.8. The van der Waals surface area contributed by atoms with Crippen LogP contribution in [0.3, 0.4) is 0 Å². The molecule has 10 heteroatoms. The Labute approximate surface area is 225 Å². The molecule has 10 nitrogen and oxygen atoms in total. The highest BCUT2D eigenvalue weighted by molar-refractivity contribution is 5.86. The first kappa shape index (κ1) is 27.4. The quantitative estimate of drug-likeness (QED) is 0.347. The molecule has 0 bridgehead atoms. The molecule has 0 spiro atoms. The van der Waals surface area contributed by atoms with Crippen molar-refractivity contribution < 1.29 is 42.4 Å². The molecule has 0 radical (unpaired) electrons. The average molecular weight is 539 g/mol. The molecule has 0 saturated carbocycles. The number of hydrogen-bond donors (Lipinski definition) is 0. The van der Waals surface area contributed by atoms with Gasteiger partial charge in [0.1, 0.15) is 53.5 Å². The SMILES string of the molecule is C1=COC1.CCOC(=O)COc1cc(OCC2=COC(C)(C)O2)c2c(=O)cc(-c3ccc(OC)cc3)oc2c1. The first-order valence-corrected chi connectivity index (χ1v) is 12.3. The van der Waals surface area contributed by atoms with Crippen LogP contribution in [0.4, 0.5) is 0 Å². The third-order valence-corrected chi connectivity index (χ3v) is 5.41. The van der Waals surface area contributed by atoms with Crippen LogP contribution in [0, 0.1) is 0 Å². The van der Waals surface area contributed by atoms with E-state index < -0.39 is 11.8 Å². The number of methoxy groups -OCH3 is 1. The number of hydrogen-bond acceptors (Lipinski definition) is 10. The Bertz CT molecular complexity index is 1410. The van der Waals surface area contributed by atoms with Crippen molar-refractivity contribution in [3.63, 3.8) is 0 Å². The third-order valence-electron chi connectivity index (χ3n) is 5.41. The molecular formula is C29H30O10. The van der Waals surface area contributed by atoms with E-state index in [1.807, 2.05) is 6.08 Å². The van der Waals surface area contributed by atoms with Gasteiger partial charge in [0, 0.05) is 37.6 Å². The lowest BCUT2D eigenvalue weighted by atomic mass is 10.1. The van der Waals surface area contributed by atoms with E-state index in [0.29, 0.717) is 22.8 Å². The van der Waals surface area contributed by atoms with Crippen molar-refractivity contribution in [2.75, 3.05) is 33.5 Å². The predicted octanol–water partition coefficient (Wildman–Crippen LogP) is 4.94. The van der Waals surface area contributed by atoms with Crippen LogP contribution in [0.2, 0.25) is 0 Å². The highest BCUT2D eigenvalue weighted by Crippen LogP contribution is 2.33. The molecule has 0 amide bonds. The molecule has 0 unspecified atom stereocenters. The fourth-order valence-corrected chi connectivity index (χ4v) is 3.55. The lowest BCUT2D eigenvalue weighted by Crippen LogP contribution is -2.21. The van der Waals surface area contributed by atoms with E-state index in [1.54, 1.807) is 58.4 Å². The third kappa shape index (κ3) is 7.25. The van der Waals surface area contributed by atoms with Crippen LogP contribution < -0.4 is 19.6 Å². The maximum absolute atomic E-state index is 13.1. The van der Waals surface area contributed by atoms with Crippen LogP contribution in [0.15, 0.2) is 76.0 Å². The van der Waals surface area contributed by atoms with E-state index in [-0.39, 0.29) is 47.7 Å². The van der Waals surface area contributed by atoms with Crippen molar-refractivity contribution in [1.29, 1.82) is 0 Å². The summed E-state index contributed by atoms with van der Waals surface area (Å²) in [7, 11) is 1.57. The summed E-state index contributed by atoms with van der Waals surface area (Å²) in [6, 6.07) is 11.6.